The second kappa shape index (κ2) is 8.61. The number of hydrogen-bond donors (Lipinski definition) is 3. The molecule has 1 heterocycles. The van der Waals surface area contributed by atoms with Crippen LogP contribution < -0.4 is 16.0 Å². The lowest BCUT2D eigenvalue weighted by atomic mass is 10.2. The highest BCUT2D eigenvalue weighted by Crippen LogP contribution is 2.22. The zero-order valence-electron chi connectivity index (χ0n) is 17.3. The molecule has 0 amide bonds. The van der Waals surface area contributed by atoms with E-state index in [4.69, 9.17) is 0 Å². The molecule has 0 aliphatic rings. The SMILES string of the molecule is Cc1cccc(Nc2nc(Nc3cccc(C)c3)nc(Nc3cccc(C)c3)n2)c1. The number of benzene rings is 3. The van der Waals surface area contributed by atoms with Crippen molar-refractivity contribution in [3.63, 3.8) is 0 Å². The molecule has 4 aromatic rings. The minimum Gasteiger partial charge on any atom is -0.324 e. The van der Waals surface area contributed by atoms with Crippen molar-refractivity contribution in [1.82, 2.24) is 15.0 Å². The molecule has 150 valence electrons. The van der Waals surface area contributed by atoms with Crippen molar-refractivity contribution in [3.05, 3.63) is 89.5 Å². The standard InChI is InChI=1S/C24H24N6/c1-16-7-4-10-19(13-16)25-22-28-23(26-20-11-5-8-17(2)14-20)30-24(29-22)27-21-12-6-9-18(3)15-21/h4-15H,1-3H3,(H3,25,26,27,28,29,30). The van der Waals surface area contributed by atoms with Crippen molar-refractivity contribution >= 4 is 34.9 Å². The Kier molecular flexibility index (Phi) is 5.57. The number of nitrogens with one attached hydrogen (secondary N) is 3. The van der Waals surface area contributed by atoms with E-state index in [2.05, 4.69) is 30.9 Å². The van der Waals surface area contributed by atoms with E-state index >= 15 is 0 Å². The molecule has 0 saturated carbocycles. The van der Waals surface area contributed by atoms with Crippen LogP contribution in [-0.4, -0.2) is 15.0 Å². The van der Waals surface area contributed by atoms with Crippen LogP contribution in [0.25, 0.3) is 0 Å². The van der Waals surface area contributed by atoms with Gasteiger partial charge in [-0.15, -0.1) is 0 Å². The summed E-state index contributed by atoms with van der Waals surface area (Å²) < 4.78 is 0. The molecule has 6 nitrogen and oxygen atoms in total. The minimum atomic E-state index is 0.459. The number of hydrogen-bond acceptors (Lipinski definition) is 6. The highest BCUT2D eigenvalue weighted by molar-refractivity contribution is 5.62. The maximum absolute atomic E-state index is 4.56. The molecule has 3 aromatic carbocycles. The molecule has 1 aromatic heterocycles. The van der Waals surface area contributed by atoms with Gasteiger partial charge in [-0.05, 0) is 73.9 Å². The molecule has 0 bridgehead atoms. The van der Waals surface area contributed by atoms with Crippen LogP contribution in [0, 0.1) is 20.8 Å². The van der Waals surface area contributed by atoms with E-state index in [-0.39, 0.29) is 0 Å². The van der Waals surface area contributed by atoms with Gasteiger partial charge in [0.2, 0.25) is 17.8 Å². The Labute approximate surface area is 176 Å². The first-order chi connectivity index (χ1) is 14.5. The van der Waals surface area contributed by atoms with Crippen LogP contribution in [0.3, 0.4) is 0 Å². The summed E-state index contributed by atoms with van der Waals surface area (Å²) in [5.74, 6) is 1.38. The fourth-order valence-electron chi connectivity index (χ4n) is 3.10. The molecule has 4 rings (SSSR count). The Morgan fingerprint density at radius 2 is 0.767 bits per heavy atom. The highest BCUT2D eigenvalue weighted by atomic mass is 15.3. The number of aryl methyl sites for hydroxylation is 3. The number of nitrogens with zero attached hydrogens (tertiary/aromatic N) is 3. The molecule has 0 unspecified atom stereocenters. The van der Waals surface area contributed by atoms with E-state index in [1.54, 1.807) is 0 Å². The summed E-state index contributed by atoms with van der Waals surface area (Å²) in [5.41, 5.74) is 6.23. The van der Waals surface area contributed by atoms with Gasteiger partial charge in [-0.3, -0.25) is 0 Å². The number of aromatic nitrogens is 3. The van der Waals surface area contributed by atoms with Crippen molar-refractivity contribution in [2.75, 3.05) is 16.0 Å². The summed E-state index contributed by atoms with van der Waals surface area (Å²) in [4.78, 5) is 13.7. The molecular formula is C24H24N6. The second-order valence-electron chi connectivity index (χ2n) is 7.29. The van der Waals surface area contributed by atoms with Gasteiger partial charge in [0.15, 0.2) is 0 Å². The summed E-state index contributed by atoms with van der Waals surface area (Å²) in [6.07, 6.45) is 0. The van der Waals surface area contributed by atoms with Crippen LogP contribution in [0.4, 0.5) is 34.9 Å². The second-order valence-corrected chi connectivity index (χ2v) is 7.29. The molecule has 0 aliphatic carbocycles. The van der Waals surface area contributed by atoms with Gasteiger partial charge in [-0.25, -0.2) is 0 Å². The van der Waals surface area contributed by atoms with Crippen LogP contribution in [0.5, 0.6) is 0 Å². The van der Waals surface area contributed by atoms with Crippen LogP contribution in [0.2, 0.25) is 0 Å². The Morgan fingerprint density at radius 3 is 1.03 bits per heavy atom. The van der Waals surface area contributed by atoms with Crippen molar-refractivity contribution < 1.29 is 0 Å². The first kappa shape index (κ1) is 19.4. The van der Waals surface area contributed by atoms with E-state index < -0.39 is 0 Å². The number of anilines is 6. The summed E-state index contributed by atoms with van der Waals surface area (Å²) in [6, 6.07) is 24.2. The lowest BCUT2D eigenvalue weighted by molar-refractivity contribution is 1.06. The molecule has 0 aliphatic heterocycles. The largest absolute Gasteiger partial charge is 0.324 e. The maximum atomic E-state index is 4.56. The summed E-state index contributed by atoms with van der Waals surface area (Å²) in [7, 11) is 0. The average molecular weight is 396 g/mol. The van der Waals surface area contributed by atoms with Crippen LogP contribution in [0.1, 0.15) is 16.7 Å². The Bertz CT molecular complexity index is 1010. The molecule has 0 saturated heterocycles. The first-order valence-corrected chi connectivity index (χ1v) is 9.81. The lowest BCUT2D eigenvalue weighted by Gasteiger charge is -2.12. The third-order valence-corrected chi connectivity index (χ3v) is 4.46. The molecule has 0 radical (unpaired) electrons. The van der Waals surface area contributed by atoms with Gasteiger partial charge in [0.25, 0.3) is 0 Å². The number of rotatable bonds is 6. The Hall–Kier alpha value is -3.93. The van der Waals surface area contributed by atoms with Crippen molar-refractivity contribution in [1.29, 1.82) is 0 Å². The summed E-state index contributed by atoms with van der Waals surface area (Å²) >= 11 is 0. The van der Waals surface area contributed by atoms with Gasteiger partial charge in [0.05, 0.1) is 0 Å². The van der Waals surface area contributed by atoms with E-state index in [0.717, 1.165) is 33.8 Å². The van der Waals surface area contributed by atoms with Crippen molar-refractivity contribution in [2.45, 2.75) is 20.8 Å². The normalized spacial score (nSPS) is 10.5. The van der Waals surface area contributed by atoms with E-state index in [1.807, 2.05) is 93.6 Å². The summed E-state index contributed by atoms with van der Waals surface area (Å²) in [5, 5.41) is 9.83. The quantitative estimate of drug-likeness (QED) is 0.370. The predicted molar refractivity (Wildman–Crippen MR) is 123 cm³/mol. The fourth-order valence-corrected chi connectivity index (χ4v) is 3.10. The van der Waals surface area contributed by atoms with E-state index in [9.17, 15) is 0 Å². The van der Waals surface area contributed by atoms with Crippen molar-refractivity contribution in [3.8, 4) is 0 Å². The molecule has 0 fully saturated rings. The molecule has 0 atom stereocenters. The average Bonchev–Trinajstić information content (AvgIpc) is 2.68. The molecule has 30 heavy (non-hydrogen) atoms. The van der Waals surface area contributed by atoms with Gasteiger partial charge in [0, 0.05) is 17.1 Å². The lowest BCUT2D eigenvalue weighted by Crippen LogP contribution is -2.07. The minimum absolute atomic E-state index is 0.459. The highest BCUT2D eigenvalue weighted by Gasteiger charge is 2.09. The third kappa shape index (κ3) is 5.11. The van der Waals surface area contributed by atoms with Gasteiger partial charge in [-0.2, -0.15) is 15.0 Å². The van der Waals surface area contributed by atoms with Gasteiger partial charge < -0.3 is 16.0 Å². The Morgan fingerprint density at radius 1 is 0.467 bits per heavy atom. The van der Waals surface area contributed by atoms with Crippen LogP contribution >= 0.6 is 0 Å². The zero-order valence-corrected chi connectivity index (χ0v) is 17.3. The van der Waals surface area contributed by atoms with E-state index in [0.29, 0.717) is 17.8 Å². The maximum Gasteiger partial charge on any atom is 0.233 e. The van der Waals surface area contributed by atoms with Crippen LogP contribution in [0.15, 0.2) is 72.8 Å². The molecular weight excluding hydrogens is 372 g/mol. The first-order valence-electron chi connectivity index (χ1n) is 9.81. The smallest absolute Gasteiger partial charge is 0.233 e. The monoisotopic (exact) mass is 396 g/mol. The van der Waals surface area contributed by atoms with Gasteiger partial charge >= 0.3 is 0 Å². The van der Waals surface area contributed by atoms with Crippen molar-refractivity contribution in [2.24, 2.45) is 0 Å². The van der Waals surface area contributed by atoms with Gasteiger partial charge in [-0.1, -0.05) is 36.4 Å². The summed E-state index contributed by atoms with van der Waals surface area (Å²) in [6.45, 7) is 6.15. The third-order valence-electron chi connectivity index (χ3n) is 4.46. The predicted octanol–water partition coefficient (Wildman–Crippen LogP) is 6.03. The fraction of sp³-hybridized carbons (Fsp3) is 0.125. The Balaban J connectivity index is 1.67. The van der Waals surface area contributed by atoms with E-state index in [1.165, 1.54) is 0 Å². The van der Waals surface area contributed by atoms with Crippen LogP contribution in [-0.2, 0) is 0 Å². The zero-order chi connectivity index (χ0) is 20.9. The van der Waals surface area contributed by atoms with Gasteiger partial charge in [0.1, 0.15) is 0 Å². The molecule has 0 spiro atoms. The molecule has 3 N–H and O–H groups in total. The molecule has 6 heteroatoms. The topological polar surface area (TPSA) is 74.8 Å².